The van der Waals surface area contributed by atoms with E-state index in [2.05, 4.69) is 26.4 Å². The van der Waals surface area contributed by atoms with Gasteiger partial charge in [0.2, 0.25) is 11.8 Å². The van der Waals surface area contributed by atoms with Crippen LogP contribution in [0.4, 0.5) is 5.88 Å². The zero-order valence-electron chi connectivity index (χ0n) is 8.97. The fourth-order valence-electron chi connectivity index (χ4n) is 1.10. The molecule has 0 aliphatic heterocycles. The van der Waals surface area contributed by atoms with Crippen molar-refractivity contribution in [2.75, 3.05) is 10.6 Å². The number of halogens is 1. The Morgan fingerprint density at radius 1 is 1.47 bits per heavy atom. The summed E-state index contributed by atoms with van der Waals surface area (Å²) in [5.41, 5.74) is 1.70. The highest BCUT2D eigenvalue weighted by Gasteiger charge is 2.10. The van der Waals surface area contributed by atoms with Crippen LogP contribution in [0.3, 0.4) is 0 Å². The molecule has 1 heterocycles. The average Bonchev–Trinajstić information content (AvgIpc) is 2.50. The number of alkyl halides is 1. The van der Waals surface area contributed by atoms with E-state index in [4.69, 9.17) is 4.52 Å². The lowest BCUT2D eigenvalue weighted by molar-refractivity contribution is -0.116. The van der Waals surface area contributed by atoms with Crippen molar-refractivity contribution >= 4 is 27.7 Å². The Kier molecular flexibility index (Phi) is 4.81. The summed E-state index contributed by atoms with van der Waals surface area (Å²) in [6, 6.07) is 0. The highest BCUT2D eigenvalue weighted by atomic mass is 79.9. The molecule has 1 aromatic rings. The molecule has 0 unspecified atom stereocenters. The molecule has 0 saturated carbocycles. The third-order valence-corrected chi connectivity index (χ3v) is 2.76. The number of aryl methyl sites for hydroxylation is 1. The van der Waals surface area contributed by atoms with Crippen LogP contribution in [0.15, 0.2) is 4.52 Å². The number of carbonyl (C=O) groups is 1. The van der Waals surface area contributed by atoms with Crippen molar-refractivity contribution in [3.8, 4) is 0 Å². The van der Waals surface area contributed by atoms with Gasteiger partial charge in [0.05, 0.1) is 5.69 Å². The van der Waals surface area contributed by atoms with Crippen LogP contribution < -0.4 is 5.32 Å². The molecule has 0 saturated heterocycles. The standard InChI is InChI=1S/C10H15BrN2O2/c1-7-8(2)13-15-10(7)12-9(14)5-3-4-6-11/h3-6H2,1-2H3,(H,12,14). The van der Waals surface area contributed by atoms with Crippen LogP contribution in [0.5, 0.6) is 0 Å². The maximum Gasteiger partial charge on any atom is 0.234 e. The molecular formula is C10H15BrN2O2. The van der Waals surface area contributed by atoms with Crippen LogP contribution in [0.2, 0.25) is 0 Å². The van der Waals surface area contributed by atoms with E-state index in [9.17, 15) is 4.79 Å². The minimum Gasteiger partial charge on any atom is -0.338 e. The quantitative estimate of drug-likeness (QED) is 0.664. The monoisotopic (exact) mass is 274 g/mol. The normalized spacial score (nSPS) is 10.3. The van der Waals surface area contributed by atoms with Gasteiger partial charge in [0.1, 0.15) is 0 Å². The average molecular weight is 275 g/mol. The highest BCUT2D eigenvalue weighted by Crippen LogP contribution is 2.17. The summed E-state index contributed by atoms with van der Waals surface area (Å²) < 4.78 is 4.98. The third-order valence-electron chi connectivity index (χ3n) is 2.20. The minimum atomic E-state index is -0.0183. The summed E-state index contributed by atoms with van der Waals surface area (Å²) in [5.74, 6) is 0.451. The molecule has 0 radical (unpaired) electrons. The number of aromatic nitrogens is 1. The summed E-state index contributed by atoms with van der Waals surface area (Å²) in [7, 11) is 0. The molecule has 0 aliphatic carbocycles. The number of carbonyl (C=O) groups excluding carboxylic acids is 1. The van der Waals surface area contributed by atoms with Gasteiger partial charge in [-0.1, -0.05) is 21.1 Å². The molecule has 5 heteroatoms. The molecule has 1 rings (SSSR count). The number of hydrogen-bond donors (Lipinski definition) is 1. The number of nitrogens with one attached hydrogen (secondary N) is 1. The zero-order chi connectivity index (χ0) is 11.3. The molecule has 84 valence electrons. The zero-order valence-corrected chi connectivity index (χ0v) is 10.6. The van der Waals surface area contributed by atoms with Crippen molar-refractivity contribution in [1.29, 1.82) is 0 Å². The van der Waals surface area contributed by atoms with Crippen LogP contribution in [-0.4, -0.2) is 16.4 Å². The minimum absolute atomic E-state index is 0.0183. The Hall–Kier alpha value is -0.840. The van der Waals surface area contributed by atoms with Crippen molar-refractivity contribution in [2.24, 2.45) is 0 Å². The van der Waals surface area contributed by atoms with E-state index in [1.165, 1.54) is 0 Å². The van der Waals surface area contributed by atoms with Gasteiger partial charge in [-0.15, -0.1) is 0 Å². The second kappa shape index (κ2) is 5.90. The Bertz CT molecular complexity index is 336. The first-order chi connectivity index (χ1) is 7.15. The number of amides is 1. The Morgan fingerprint density at radius 2 is 2.20 bits per heavy atom. The molecule has 0 spiro atoms. The SMILES string of the molecule is Cc1noc(NC(=O)CCCCBr)c1C. The number of unbranched alkanes of at least 4 members (excludes halogenated alkanes) is 1. The second-order valence-corrected chi connectivity index (χ2v) is 4.21. The van der Waals surface area contributed by atoms with E-state index in [-0.39, 0.29) is 5.91 Å². The van der Waals surface area contributed by atoms with Gasteiger partial charge in [-0.25, -0.2) is 0 Å². The molecule has 15 heavy (non-hydrogen) atoms. The van der Waals surface area contributed by atoms with E-state index in [0.717, 1.165) is 29.4 Å². The number of rotatable bonds is 5. The van der Waals surface area contributed by atoms with Gasteiger partial charge in [-0.3, -0.25) is 10.1 Å². The van der Waals surface area contributed by atoms with Gasteiger partial charge < -0.3 is 4.52 Å². The Morgan fingerprint density at radius 3 is 2.73 bits per heavy atom. The fourth-order valence-corrected chi connectivity index (χ4v) is 1.50. The van der Waals surface area contributed by atoms with Crippen LogP contribution in [-0.2, 0) is 4.79 Å². The summed E-state index contributed by atoms with van der Waals surface area (Å²) >= 11 is 3.32. The van der Waals surface area contributed by atoms with Crippen molar-refractivity contribution in [2.45, 2.75) is 33.1 Å². The number of anilines is 1. The molecule has 0 fully saturated rings. The first-order valence-corrected chi connectivity index (χ1v) is 6.06. The molecule has 0 aromatic carbocycles. The predicted octanol–water partition coefficient (Wildman–Crippen LogP) is 2.80. The largest absolute Gasteiger partial charge is 0.338 e. The molecule has 0 bridgehead atoms. The van der Waals surface area contributed by atoms with Gasteiger partial charge in [0.15, 0.2) is 0 Å². The van der Waals surface area contributed by atoms with Crippen molar-refractivity contribution in [3.05, 3.63) is 11.3 Å². The van der Waals surface area contributed by atoms with Crippen LogP contribution >= 0.6 is 15.9 Å². The van der Waals surface area contributed by atoms with Crippen molar-refractivity contribution in [3.63, 3.8) is 0 Å². The van der Waals surface area contributed by atoms with E-state index in [1.807, 2.05) is 13.8 Å². The molecule has 1 aromatic heterocycles. The molecule has 1 amide bonds. The molecular weight excluding hydrogens is 260 g/mol. The topological polar surface area (TPSA) is 55.1 Å². The van der Waals surface area contributed by atoms with Gasteiger partial charge in [-0.05, 0) is 26.7 Å². The maximum atomic E-state index is 11.4. The van der Waals surface area contributed by atoms with E-state index >= 15 is 0 Å². The van der Waals surface area contributed by atoms with E-state index in [1.54, 1.807) is 0 Å². The smallest absolute Gasteiger partial charge is 0.234 e. The summed E-state index contributed by atoms with van der Waals surface area (Å²) in [6.07, 6.45) is 2.40. The lowest BCUT2D eigenvalue weighted by Gasteiger charge is -2.01. The second-order valence-electron chi connectivity index (χ2n) is 3.42. The maximum absolute atomic E-state index is 11.4. The predicted molar refractivity (Wildman–Crippen MR) is 62.3 cm³/mol. The molecule has 1 N–H and O–H groups in total. The van der Waals surface area contributed by atoms with Gasteiger partial charge in [0, 0.05) is 17.3 Å². The van der Waals surface area contributed by atoms with Crippen LogP contribution in [0.25, 0.3) is 0 Å². The first-order valence-electron chi connectivity index (χ1n) is 4.94. The Balaban J connectivity index is 2.41. The lowest BCUT2D eigenvalue weighted by atomic mass is 10.2. The van der Waals surface area contributed by atoms with Crippen molar-refractivity contribution < 1.29 is 9.32 Å². The van der Waals surface area contributed by atoms with E-state index < -0.39 is 0 Å². The molecule has 0 atom stereocenters. The van der Waals surface area contributed by atoms with Gasteiger partial charge in [0.25, 0.3) is 0 Å². The van der Waals surface area contributed by atoms with Crippen LogP contribution in [0, 0.1) is 13.8 Å². The molecule has 0 aliphatic rings. The fraction of sp³-hybridized carbons (Fsp3) is 0.600. The van der Waals surface area contributed by atoms with E-state index in [0.29, 0.717) is 12.3 Å². The molecule has 4 nitrogen and oxygen atoms in total. The number of nitrogens with zero attached hydrogens (tertiary/aromatic N) is 1. The first kappa shape index (κ1) is 12.2. The van der Waals surface area contributed by atoms with Gasteiger partial charge >= 0.3 is 0 Å². The lowest BCUT2D eigenvalue weighted by Crippen LogP contribution is -2.11. The Labute approximate surface area is 97.5 Å². The summed E-state index contributed by atoms with van der Waals surface area (Å²) in [4.78, 5) is 11.4. The highest BCUT2D eigenvalue weighted by molar-refractivity contribution is 9.09. The van der Waals surface area contributed by atoms with Gasteiger partial charge in [-0.2, -0.15) is 0 Å². The van der Waals surface area contributed by atoms with Crippen LogP contribution in [0.1, 0.15) is 30.5 Å². The summed E-state index contributed by atoms with van der Waals surface area (Å²) in [5, 5.41) is 7.41. The third kappa shape index (κ3) is 3.66. The number of hydrogen-bond acceptors (Lipinski definition) is 3. The van der Waals surface area contributed by atoms with Crippen molar-refractivity contribution in [1.82, 2.24) is 5.16 Å². The summed E-state index contributed by atoms with van der Waals surface area (Å²) in [6.45, 7) is 3.72.